The van der Waals surface area contributed by atoms with Crippen LogP contribution in [0.1, 0.15) is 42.1 Å². The van der Waals surface area contributed by atoms with Crippen molar-refractivity contribution >= 4 is 0 Å². The highest BCUT2D eigenvalue weighted by atomic mass is 19.4. The number of alkyl halides is 3. The quantitative estimate of drug-likeness (QED) is 0.732. The van der Waals surface area contributed by atoms with Crippen LogP contribution in [0, 0.1) is 0 Å². The third-order valence-corrected chi connectivity index (χ3v) is 4.78. The van der Waals surface area contributed by atoms with Crippen molar-refractivity contribution in [1.82, 2.24) is 19.9 Å². The molecule has 1 fully saturated rings. The van der Waals surface area contributed by atoms with Gasteiger partial charge in [0.05, 0.1) is 12.1 Å². The molecule has 1 aromatic carbocycles. The van der Waals surface area contributed by atoms with E-state index in [0.717, 1.165) is 38.3 Å². The molecule has 8 heteroatoms. The van der Waals surface area contributed by atoms with Crippen molar-refractivity contribution in [2.24, 2.45) is 0 Å². The first-order valence-electron chi connectivity index (χ1n) is 9.28. The molecule has 0 N–H and O–H groups in total. The van der Waals surface area contributed by atoms with E-state index in [2.05, 4.69) is 19.9 Å². The SMILES string of the molecule is CN(CCN1CCCCC1)Cc1nc(Cc2cccc(C(F)(F)F)c2)no1. The van der Waals surface area contributed by atoms with Crippen molar-refractivity contribution in [2.75, 3.05) is 33.2 Å². The molecule has 1 aromatic heterocycles. The van der Waals surface area contributed by atoms with Crippen LogP contribution in [0.3, 0.4) is 0 Å². The van der Waals surface area contributed by atoms with E-state index in [0.29, 0.717) is 23.8 Å². The Morgan fingerprint density at radius 3 is 2.70 bits per heavy atom. The van der Waals surface area contributed by atoms with Gasteiger partial charge in [-0.05, 0) is 44.6 Å². The molecule has 148 valence electrons. The summed E-state index contributed by atoms with van der Waals surface area (Å²) in [5, 5.41) is 3.90. The van der Waals surface area contributed by atoms with E-state index in [9.17, 15) is 13.2 Å². The standard InChI is InChI=1S/C19H25F3N4O/c1-25(10-11-26-8-3-2-4-9-26)14-18-23-17(24-27-18)13-15-6-5-7-16(12-15)19(20,21)22/h5-7,12H,2-4,8-11,13-14H2,1H3. The average molecular weight is 382 g/mol. The van der Waals surface area contributed by atoms with Crippen LogP contribution in [-0.4, -0.2) is 53.2 Å². The molecule has 0 unspecified atom stereocenters. The molecule has 0 aliphatic carbocycles. The summed E-state index contributed by atoms with van der Waals surface area (Å²) in [7, 11) is 2.00. The number of piperidine rings is 1. The van der Waals surface area contributed by atoms with E-state index < -0.39 is 11.7 Å². The van der Waals surface area contributed by atoms with E-state index >= 15 is 0 Å². The molecule has 1 saturated heterocycles. The maximum atomic E-state index is 12.8. The smallest absolute Gasteiger partial charge is 0.338 e. The van der Waals surface area contributed by atoms with E-state index in [-0.39, 0.29) is 6.42 Å². The third kappa shape index (κ3) is 6.04. The first-order chi connectivity index (χ1) is 12.9. The van der Waals surface area contributed by atoms with Crippen molar-refractivity contribution in [3.05, 3.63) is 47.1 Å². The predicted octanol–water partition coefficient (Wildman–Crippen LogP) is 3.60. The minimum atomic E-state index is -4.35. The van der Waals surface area contributed by atoms with Crippen LogP contribution < -0.4 is 0 Å². The van der Waals surface area contributed by atoms with Crippen molar-refractivity contribution in [1.29, 1.82) is 0 Å². The molecule has 1 aliphatic heterocycles. The Morgan fingerprint density at radius 2 is 1.96 bits per heavy atom. The summed E-state index contributed by atoms with van der Waals surface area (Å²) in [5.74, 6) is 0.881. The summed E-state index contributed by atoms with van der Waals surface area (Å²) >= 11 is 0. The highest BCUT2D eigenvalue weighted by Gasteiger charge is 2.30. The zero-order valence-electron chi connectivity index (χ0n) is 15.5. The summed E-state index contributed by atoms with van der Waals surface area (Å²) in [5.41, 5.74) is -0.156. The first-order valence-corrected chi connectivity index (χ1v) is 9.28. The zero-order valence-corrected chi connectivity index (χ0v) is 15.5. The Balaban J connectivity index is 1.50. The third-order valence-electron chi connectivity index (χ3n) is 4.78. The Bertz CT molecular complexity index is 726. The Morgan fingerprint density at radius 1 is 1.19 bits per heavy atom. The van der Waals surface area contributed by atoms with Crippen molar-refractivity contribution in [3.63, 3.8) is 0 Å². The summed E-state index contributed by atoms with van der Waals surface area (Å²) in [4.78, 5) is 8.90. The molecule has 27 heavy (non-hydrogen) atoms. The lowest BCUT2D eigenvalue weighted by molar-refractivity contribution is -0.137. The highest BCUT2D eigenvalue weighted by molar-refractivity contribution is 5.27. The maximum absolute atomic E-state index is 12.8. The second kappa shape index (κ2) is 8.84. The largest absolute Gasteiger partial charge is 0.416 e. The number of likely N-dealkylation sites (tertiary alicyclic amines) is 1. The van der Waals surface area contributed by atoms with Crippen LogP contribution in [0.4, 0.5) is 13.2 Å². The molecule has 0 spiro atoms. The number of hydrogen-bond acceptors (Lipinski definition) is 5. The topological polar surface area (TPSA) is 45.4 Å². The Hall–Kier alpha value is -1.93. The van der Waals surface area contributed by atoms with Gasteiger partial charge in [0.15, 0.2) is 5.82 Å². The van der Waals surface area contributed by atoms with Crippen molar-refractivity contribution in [2.45, 2.75) is 38.4 Å². The van der Waals surface area contributed by atoms with Crippen molar-refractivity contribution < 1.29 is 17.7 Å². The van der Waals surface area contributed by atoms with Crippen LogP contribution in [-0.2, 0) is 19.1 Å². The van der Waals surface area contributed by atoms with Gasteiger partial charge in [0.1, 0.15) is 0 Å². The lowest BCUT2D eigenvalue weighted by Crippen LogP contribution is -2.36. The van der Waals surface area contributed by atoms with Gasteiger partial charge >= 0.3 is 6.18 Å². The minimum Gasteiger partial charge on any atom is -0.338 e. The number of rotatable bonds is 7. The molecular formula is C19H25F3N4O. The lowest BCUT2D eigenvalue weighted by atomic mass is 10.1. The second-order valence-corrected chi connectivity index (χ2v) is 7.12. The van der Waals surface area contributed by atoms with Gasteiger partial charge in [0.25, 0.3) is 0 Å². The molecular weight excluding hydrogens is 357 g/mol. The molecule has 5 nitrogen and oxygen atoms in total. The van der Waals surface area contributed by atoms with Gasteiger partial charge < -0.3 is 9.42 Å². The molecule has 0 radical (unpaired) electrons. The molecule has 0 amide bonds. The molecule has 0 bridgehead atoms. The lowest BCUT2D eigenvalue weighted by Gasteiger charge is -2.28. The monoisotopic (exact) mass is 382 g/mol. The molecule has 3 rings (SSSR count). The summed E-state index contributed by atoms with van der Waals surface area (Å²) in [6.07, 6.45) is -0.276. The van der Waals surface area contributed by atoms with E-state index in [4.69, 9.17) is 4.52 Å². The fourth-order valence-electron chi connectivity index (χ4n) is 3.27. The molecule has 2 aromatic rings. The van der Waals surface area contributed by atoms with Crippen LogP contribution in [0.2, 0.25) is 0 Å². The summed E-state index contributed by atoms with van der Waals surface area (Å²) < 4.78 is 43.7. The predicted molar refractivity (Wildman–Crippen MR) is 95.2 cm³/mol. The van der Waals surface area contributed by atoms with Gasteiger partial charge in [-0.15, -0.1) is 0 Å². The molecule has 1 aliphatic rings. The fourth-order valence-corrected chi connectivity index (χ4v) is 3.27. The number of hydrogen-bond donors (Lipinski definition) is 0. The number of nitrogens with zero attached hydrogens (tertiary/aromatic N) is 4. The number of aromatic nitrogens is 2. The van der Waals surface area contributed by atoms with Crippen molar-refractivity contribution in [3.8, 4) is 0 Å². The van der Waals surface area contributed by atoms with Gasteiger partial charge in [-0.3, -0.25) is 4.90 Å². The Labute approximate surface area is 157 Å². The van der Waals surface area contributed by atoms with Crippen LogP contribution in [0.25, 0.3) is 0 Å². The van der Waals surface area contributed by atoms with Gasteiger partial charge in [0.2, 0.25) is 5.89 Å². The van der Waals surface area contributed by atoms with E-state index in [1.807, 2.05) is 7.05 Å². The fraction of sp³-hybridized carbons (Fsp3) is 0.579. The van der Waals surface area contributed by atoms with Crippen LogP contribution in [0.15, 0.2) is 28.8 Å². The van der Waals surface area contributed by atoms with Gasteiger partial charge in [-0.25, -0.2) is 0 Å². The van der Waals surface area contributed by atoms with Gasteiger partial charge in [0, 0.05) is 19.5 Å². The molecule has 0 atom stereocenters. The number of benzene rings is 1. The first kappa shape index (κ1) is 19.8. The van der Waals surface area contributed by atoms with Crippen LogP contribution >= 0.6 is 0 Å². The number of halogens is 3. The van der Waals surface area contributed by atoms with Crippen LogP contribution in [0.5, 0.6) is 0 Å². The average Bonchev–Trinajstić information content (AvgIpc) is 3.07. The van der Waals surface area contributed by atoms with Gasteiger partial charge in [-0.1, -0.05) is 29.8 Å². The summed E-state index contributed by atoms with van der Waals surface area (Å²) in [6.45, 7) is 4.78. The minimum absolute atomic E-state index is 0.213. The Kier molecular flexibility index (Phi) is 6.49. The second-order valence-electron chi connectivity index (χ2n) is 7.12. The maximum Gasteiger partial charge on any atom is 0.416 e. The van der Waals surface area contributed by atoms with Gasteiger partial charge in [-0.2, -0.15) is 18.2 Å². The summed E-state index contributed by atoms with van der Waals surface area (Å²) in [6, 6.07) is 5.22. The van der Waals surface area contributed by atoms with E-state index in [1.54, 1.807) is 6.07 Å². The normalized spacial score (nSPS) is 16.2. The zero-order chi connectivity index (χ0) is 19.3. The highest BCUT2D eigenvalue weighted by Crippen LogP contribution is 2.29. The molecule has 2 heterocycles. The number of likely N-dealkylation sites (N-methyl/N-ethyl adjacent to an activating group) is 1. The van der Waals surface area contributed by atoms with E-state index in [1.165, 1.54) is 25.3 Å². The molecule has 0 saturated carbocycles.